The standard InChI is InChI=1S/C15H21N3O5/c1-15(2,14(20)21)8-9-16-13(19)10-17(3)11-6-4-5-7-12(11)18(22)23/h4-7H,8-10H2,1-3H3,(H,16,19)(H,20,21). The number of hydrogen-bond acceptors (Lipinski definition) is 5. The number of nitrogens with zero attached hydrogens (tertiary/aromatic N) is 2. The molecule has 1 aromatic carbocycles. The molecule has 2 N–H and O–H groups in total. The van der Waals surface area contributed by atoms with E-state index in [1.807, 2.05) is 0 Å². The third kappa shape index (κ3) is 5.24. The van der Waals surface area contributed by atoms with Crippen molar-refractivity contribution in [3.63, 3.8) is 0 Å². The van der Waals surface area contributed by atoms with Gasteiger partial charge in [-0.05, 0) is 26.3 Å². The predicted molar refractivity (Wildman–Crippen MR) is 85.4 cm³/mol. The van der Waals surface area contributed by atoms with Gasteiger partial charge in [0, 0.05) is 19.7 Å². The molecule has 0 aliphatic rings. The Morgan fingerprint density at radius 1 is 1.35 bits per heavy atom. The lowest BCUT2D eigenvalue weighted by atomic mass is 9.90. The van der Waals surface area contributed by atoms with Gasteiger partial charge in [0.2, 0.25) is 5.91 Å². The normalized spacial score (nSPS) is 10.9. The highest BCUT2D eigenvalue weighted by molar-refractivity contribution is 5.82. The number of benzene rings is 1. The van der Waals surface area contributed by atoms with Crippen LogP contribution in [0.3, 0.4) is 0 Å². The molecule has 23 heavy (non-hydrogen) atoms. The molecule has 1 aromatic rings. The van der Waals surface area contributed by atoms with Gasteiger partial charge in [-0.3, -0.25) is 19.7 Å². The largest absolute Gasteiger partial charge is 0.481 e. The summed E-state index contributed by atoms with van der Waals surface area (Å²) in [4.78, 5) is 34.8. The third-order valence-corrected chi connectivity index (χ3v) is 3.52. The molecule has 0 saturated carbocycles. The lowest BCUT2D eigenvalue weighted by Crippen LogP contribution is -2.38. The summed E-state index contributed by atoms with van der Waals surface area (Å²) in [7, 11) is 1.59. The molecule has 0 radical (unpaired) electrons. The highest BCUT2D eigenvalue weighted by Crippen LogP contribution is 2.26. The summed E-state index contributed by atoms with van der Waals surface area (Å²) in [5.74, 6) is -1.25. The van der Waals surface area contributed by atoms with Crippen LogP contribution >= 0.6 is 0 Å². The molecule has 8 heteroatoms. The second-order valence-corrected chi connectivity index (χ2v) is 5.89. The minimum Gasteiger partial charge on any atom is -0.481 e. The molecular formula is C15H21N3O5. The number of carbonyl (C=O) groups excluding carboxylic acids is 1. The third-order valence-electron chi connectivity index (χ3n) is 3.52. The number of carboxylic acid groups (broad SMARTS) is 1. The summed E-state index contributed by atoms with van der Waals surface area (Å²) in [5, 5.41) is 22.6. The van der Waals surface area contributed by atoms with Crippen LogP contribution in [0.5, 0.6) is 0 Å². The van der Waals surface area contributed by atoms with Crippen molar-refractivity contribution in [2.75, 3.05) is 25.0 Å². The molecule has 1 amide bonds. The Bertz CT molecular complexity index is 601. The molecule has 0 unspecified atom stereocenters. The molecule has 0 saturated heterocycles. The number of hydrogen-bond donors (Lipinski definition) is 2. The average Bonchev–Trinajstić information content (AvgIpc) is 2.46. The van der Waals surface area contributed by atoms with Gasteiger partial charge in [0.05, 0.1) is 16.9 Å². The average molecular weight is 323 g/mol. The van der Waals surface area contributed by atoms with E-state index in [1.165, 1.54) is 11.0 Å². The van der Waals surface area contributed by atoms with Crippen LogP contribution in [0.4, 0.5) is 11.4 Å². The smallest absolute Gasteiger partial charge is 0.309 e. The summed E-state index contributed by atoms with van der Waals surface area (Å²) in [6.45, 7) is 3.34. The fraction of sp³-hybridized carbons (Fsp3) is 0.467. The van der Waals surface area contributed by atoms with Gasteiger partial charge in [-0.25, -0.2) is 0 Å². The van der Waals surface area contributed by atoms with Crippen molar-refractivity contribution in [2.45, 2.75) is 20.3 Å². The number of nitro benzene ring substituents is 1. The van der Waals surface area contributed by atoms with E-state index in [-0.39, 0.29) is 24.7 Å². The SMILES string of the molecule is CN(CC(=O)NCCC(C)(C)C(=O)O)c1ccccc1[N+](=O)[O-]. The number of carbonyl (C=O) groups is 2. The first-order valence-corrected chi connectivity index (χ1v) is 7.10. The highest BCUT2D eigenvalue weighted by Gasteiger charge is 2.26. The van der Waals surface area contributed by atoms with Crippen molar-refractivity contribution in [1.82, 2.24) is 5.32 Å². The van der Waals surface area contributed by atoms with E-state index < -0.39 is 16.3 Å². The molecular weight excluding hydrogens is 302 g/mol. The number of anilines is 1. The molecule has 0 aliphatic carbocycles. The van der Waals surface area contributed by atoms with Crippen LogP contribution in [0.15, 0.2) is 24.3 Å². The Morgan fingerprint density at radius 2 is 1.96 bits per heavy atom. The van der Waals surface area contributed by atoms with Gasteiger partial charge in [-0.15, -0.1) is 0 Å². The highest BCUT2D eigenvalue weighted by atomic mass is 16.6. The molecule has 8 nitrogen and oxygen atoms in total. The summed E-state index contributed by atoms with van der Waals surface area (Å²) in [6.07, 6.45) is 0.295. The van der Waals surface area contributed by atoms with E-state index in [4.69, 9.17) is 5.11 Å². The second-order valence-electron chi connectivity index (χ2n) is 5.89. The topological polar surface area (TPSA) is 113 Å². The molecule has 0 atom stereocenters. The Labute approximate surface area is 134 Å². The van der Waals surface area contributed by atoms with Crippen LogP contribution in [-0.2, 0) is 9.59 Å². The zero-order chi connectivity index (χ0) is 17.6. The van der Waals surface area contributed by atoms with E-state index in [0.29, 0.717) is 12.1 Å². The monoisotopic (exact) mass is 323 g/mol. The zero-order valence-electron chi connectivity index (χ0n) is 13.4. The van der Waals surface area contributed by atoms with E-state index in [1.54, 1.807) is 39.1 Å². The quantitative estimate of drug-likeness (QED) is 0.555. The van der Waals surface area contributed by atoms with E-state index >= 15 is 0 Å². The van der Waals surface area contributed by atoms with Gasteiger partial charge in [0.1, 0.15) is 5.69 Å². The first-order chi connectivity index (χ1) is 10.6. The van der Waals surface area contributed by atoms with Gasteiger partial charge < -0.3 is 15.3 Å². The van der Waals surface area contributed by atoms with Crippen LogP contribution in [0.25, 0.3) is 0 Å². The van der Waals surface area contributed by atoms with Gasteiger partial charge in [0.15, 0.2) is 0 Å². The molecule has 0 aliphatic heterocycles. The predicted octanol–water partition coefficient (Wildman–Crippen LogP) is 1.65. The number of para-hydroxylation sites is 2. The zero-order valence-corrected chi connectivity index (χ0v) is 13.4. The summed E-state index contributed by atoms with van der Waals surface area (Å²) < 4.78 is 0. The lowest BCUT2D eigenvalue weighted by molar-refractivity contribution is -0.384. The van der Waals surface area contributed by atoms with Gasteiger partial charge in [-0.1, -0.05) is 12.1 Å². The molecule has 0 aromatic heterocycles. The Hall–Kier alpha value is -2.64. The first kappa shape index (κ1) is 18.4. The summed E-state index contributed by atoms with van der Waals surface area (Å²) in [6, 6.07) is 6.16. The minimum absolute atomic E-state index is 0.0572. The lowest BCUT2D eigenvalue weighted by Gasteiger charge is -2.21. The number of aliphatic carboxylic acids is 1. The Morgan fingerprint density at radius 3 is 2.52 bits per heavy atom. The molecule has 0 bridgehead atoms. The maximum Gasteiger partial charge on any atom is 0.309 e. The first-order valence-electron chi connectivity index (χ1n) is 7.10. The van der Waals surface area contributed by atoms with Crippen molar-refractivity contribution >= 4 is 23.3 Å². The number of likely N-dealkylation sites (N-methyl/N-ethyl adjacent to an activating group) is 1. The van der Waals surface area contributed by atoms with Gasteiger partial charge >= 0.3 is 5.97 Å². The molecule has 126 valence electrons. The molecule has 1 rings (SSSR count). The van der Waals surface area contributed by atoms with E-state index in [9.17, 15) is 19.7 Å². The Balaban J connectivity index is 2.58. The maximum atomic E-state index is 11.9. The van der Waals surface area contributed by atoms with Crippen molar-refractivity contribution in [1.29, 1.82) is 0 Å². The van der Waals surface area contributed by atoms with Crippen molar-refractivity contribution in [3.8, 4) is 0 Å². The number of nitro groups is 1. The minimum atomic E-state index is -0.927. The van der Waals surface area contributed by atoms with Crippen molar-refractivity contribution in [2.24, 2.45) is 5.41 Å². The summed E-state index contributed by atoms with van der Waals surface area (Å²) in [5.41, 5.74) is -0.648. The molecule has 0 spiro atoms. The number of amides is 1. The fourth-order valence-electron chi connectivity index (χ4n) is 1.92. The summed E-state index contributed by atoms with van der Waals surface area (Å²) >= 11 is 0. The fourth-order valence-corrected chi connectivity index (χ4v) is 1.92. The van der Waals surface area contributed by atoms with Crippen molar-refractivity contribution in [3.05, 3.63) is 34.4 Å². The second kappa shape index (κ2) is 7.57. The van der Waals surface area contributed by atoms with Crippen molar-refractivity contribution < 1.29 is 19.6 Å². The number of nitrogens with one attached hydrogen (secondary N) is 1. The van der Waals surface area contributed by atoms with Crippen LogP contribution in [0.2, 0.25) is 0 Å². The molecule has 0 fully saturated rings. The maximum absolute atomic E-state index is 11.9. The molecule has 0 heterocycles. The van der Waals surface area contributed by atoms with Crippen LogP contribution in [-0.4, -0.2) is 42.0 Å². The van der Waals surface area contributed by atoms with Crippen LogP contribution in [0, 0.1) is 15.5 Å². The Kier molecular flexibility index (Phi) is 6.06. The van der Waals surface area contributed by atoms with Gasteiger partial charge in [0.25, 0.3) is 5.69 Å². The van der Waals surface area contributed by atoms with Crippen LogP contribution in [0.1, 0.15) is 20.3 Å². The number of rotatable bonds is 8. The van der Waals surface area contributed by atoms with E-state index in [0.717, 1.165) is 0 Å². The van der Waals surface area contributed by atoms with Gasteiger partial charge in [-0.2, -0.15) is 0 Å². The van der Waals surface area contributed by atoms with E-state index in [2.05, 4.69) is 5.32 Å². The number of carboxylic acids is 1. The van der Waals surface area contributed by atoms with Crippen LogP contribution < -0.4 is 10.2 Å².